The van der Waals surface area contributed by atoms with E-state index in [9.17, 15) is 0 Å². The summed E-state index contributed by atoms with van der Waals surface area (Å²) in [4.78, 5) is 6.47. The molecule has 5 nitrogen and oxygen atoms in total. The van der Waals surface area contributed by atoms with Gasteiger partial charge in [0.1, 0.15) is 0 Å². The molecule has 0 bridgehead atoms. The summed E-state index contributed by atoms with van der Waals surface area (Å²) in [6.45, 7) is 4.59. The fraction of sp³-hybridized carbons (Fsp3) is 0.500. The molecule has 2 unspecified atom stereocenters. The van der Waals surface area contributed by atoms with Gasteiger partial charge in [-0.15, -0.1) is 0 Å². The van der Waals surface area contributed by atoms with Crippen molar-refractivity contribution in [1.29, 1.82) is 0 Å². The second-order valence-electron chi connectivity index (χ2n) is 4.74. The number of methoxy groups -OCH3 is 1. The maximum absolute atomic E-state index is 6.03. The molecule has 0 fully saturated rings. The molecule has 20 heavy (non-hydrogen) atoms. The summed E-state index contributed by atoms with van der Waals surface area (Å²) in [6, 6.07) is 7.88. The van der Waals surface area contributed by atoms with Gasteiger partial charge in [0.2, 0.25) is 5.96 Å². The van der Waals surface area contributed by atoms with E-state index in [-0.39, 0.29) is 12.1 Å². The van der Waals surface area contributed by atoms with Crippen molar-refractivity contribution in [3.05, 3.63) is 34.9 Å². The number of rotatable bonds is 5. The quantitative estimate of drug-likeness (QED) is 0.378. The average molecular weight is 299 g/mol. The Morgan fingerprint density at radius 1 is 1.50 bits per heavy atom. The number of benzene rings is 1. The number of hydrazine groups is 1. The maximum atomic E-state index is 6.03. The normalized spacial score (nSPS) is 14.8. The molecule has 1 rings (SSSR count). The van der Waals surface area contributed by atoms with Gasteiger partial charge in [0.25, 0.3) is 0 Å². The van der Waals surface area contributed by atoms with Gasteiger partial charge < -0.3 is 9.64 Å². The summed E-state index contributed by atoms with van der Waals surface area (Å²) < 4.78 is 5.08. The Kier molecular flexibility index (Phi) is 6.78. The predicted octanol–water partition coefficient (Wildman–Crippen LogP) is 2.19. The summed E-state index contributed by atoms with van der Waals surface area (Å²) >= 11 is 6.03. The van der Waals surface area contributed by atoms with Crippen LogP contribution in [0, 0.1) is 0 Å². The third kappa shape index (κ3) is 4.67. The van der Waals surface area contributed by atoms with Crippen LogP contribution in [0.2, 0.25) is 5.02 Å². The number of hydrogen-bond donors (Lipinski definition) is 2. The highest BCUT2D eigenvalue weighted by atomic mass is 35.5. The number of guanidine groups is 1. The summed E-state index contributed by atoms with van der Waals surface area (Å²) in [6.07, 6.45) is 0. The minimum Gasteiger partial charge on any atom is -0.382 e. The molecule has 0 spiro atoms. The molecule has 0 aliphatic carbocycles. The van der Waals surface area contributed by atoms with Crippen LogP contribution >= 0.6 is 11.6 Å². The van der Waals surface area contributed by atoms with E-state index in [0.29, 0.717) is 12.6 Å². The van der Waals surface area contributed by atoms with Crippen molar-refractivity contribution in [2.45, 2.75) is 25.9 Å². The molecular formula is C14H23ClN4O. The van der Waals surface area contributed by atoms with Crippen molar-refractivity contribution >= 4 is 17.6 Å². The predicted molar refractivity (Wildman–Crippen MR) is 83.7 cm³/mol. The van der Waals surface area contributed by atoms with Crippen molar-refractivity contribution in [2.24, 2.45) is 10.8 Å². The molecule has 0 aromatic heterocycles. The van der Waals surface area contributed by atoms with Crippen LogP contribution in [0.5, 0.6) is 0 Å². The lowest BCUT2D eigenvalue weighted by Crippen LogP contribution is -2.44. The standard InChI is InChI=1S/C14H23ClN4O/c1-10(9-20-4)17-14(18-16)19(3)11(2)12-6-5-7-13(15)8-12/h5-8,10-11H,9,16H2,1-4H3,(H,17,18). The Morgan fingerprint density at radius 3 is 2.75 bits per heavy atom. The van der Waals surface area contributed by atoms with Crippen LogP contribution in [0.4, 0.5) is 0 Å². The molecule has 6 heteroatoms. The smallest absolute Gasteiger partial charge is 0.208 e. The summed E-state index contributed by atoms with van der Waals surface area (Å²) in [7, 11) is 3.59. The van der Waals surface area contributed by atoms with E-state index >= 15 is 0 Å². The fourth-order valence-electron chi connectivity index (χ4n) is 1.89. The van der Waals surface area contributed by atoms with Gasteiger partial charge in [-0.05, 0) is 31.5 Å². The summed E-state index contributed by atoms with van der Waals surface area (Å²) in [5.74, 6) is 6.19. The number of halogens is 1. The number of ether oxygens (including phenoxy) is 1. The number of nitrogens with two attached hydrogens (primary N) is 1. The van der Waals surface area contributed by atoms with Crippen LogP contribution in [0.25, 0.3) is 0 Å². The van der Waals surface area contributed by atoms with Crippen molar-refractivity contribution in [3.63, 3.8) is 0 Å². The zero-order chi connectivity index (χ0) is 15.1. The Bertz CT molecular complexity index is 453. The fourth-order valence-corrected chi connectivity index (χ4v) is 2.09. The lowest BCUT2D eigenvalue weighted by Gasteiger charge is -2.28. The van der Waals surface area contributed by atoms with Crippen LogP contribution in [0.1, 0.15) is 25.5 Å². The molecule has 1 aromatic rings. The Labute approximate surface area is 125 Å². The van der Waals surface area contributed by atoms with Crippen LogP contribution < -0.4 is 11.3 Å². The topological polar surface area (TPSA) is 62.9 Å². The molecular weight excluding hydrogens is 276 g/mol. The molecule has 0 aliphatic rings. The highest BCUT2D eigenvalue weighted by Crippen LogP contribution is 2.21. The van der Waals surface area contributed by atoms with Crippen LogP contribution in [-0.4, -0.2) is 37.7 Å². The monoisotopic (exact) mass is 298 g/mol. The second kappa shape index (κ2) is 8.09. The lowest BCUT2D eigenvalue weighted by molar-refractivity contribution is 0.185. The first-order valence-corrected chi connectivity index (χ1v) is 6.89. The van der Waals surface area contributed by atoms with Gasteiger partial charge in [-0.2, -0.15) is 0 Å². The zero-order valence-electron chi connectivity index (χ0n) is 12.4. The lowest BCUT2D eigenvalue weighted by atomic mass is 10.1. The van der Waals surface area contributed by atoms with E-state index in [4.69, 9.17) is 22.2 Å². The molecule has 1 aromatic carbocycles. The minimum atomic E-state index is 0.0278. The third-order valence-electron chi connectivity index (χ3n) is 3.13. The van der Waals surface area contributed by atoms with Gasteiger partial charge in [-0.3, -0.25) is 5.43 Å². The first-order valence-electron chi connectivity index (χ1n) is 6.51. The van der Waals surface area contributed by atoms with E-state index in [1.807, 2.05) is 43.1 Å². The number of aliphatic imine (C=N–C) groups is 1. The Hall–Kier alpha value is -1.30. The van der Waals surface area contributed by atoms with E-state index in [1.54, 1.807) is 7.11 Å². The van der Waals surface area contributed by atoms with E-state index in [0.717, 1.165) is 10.6 Å². The minimum absolute atomic E-state index is 0.0278. The molecule has 0 heterocycles. The number of hydrogen-bond acceptors (Lipinski definition) is 3. The van der Waals surface area contributed by atoms with Crippen LogP contribution in [0.3, 0.4) is 0 Å². The first-order chi connectivity index (χ1) is 9.49. The van der Waals surface area contributed by atoms with Gasteiger partial charge >= 0.3 is 0 Å². The zero-order valence-corrected chi connectivity index (χ0v) is 13.2. The highest BCUT2D eigenvalue weighted by molar-refractivity contribution is 6.30. The molecule has 0 saturated carbocycles. The molecule has 0 amide bonds. The first kappa shape index (κ1) is 16.8. The second-order valence-corrected chi connectivity index (χ2v) is 5.18. The van der Waals surface area contributed by atoms with E-state index in [1.165, 1.54) is 0 Å². The Balaban J connectivity index is 2.87. The van der Waals surface area contributed by atoms with Crippen molar-refractivity contribution in [3.8, 4) is 0 Å². The molecule has 3 N–H and O–H groups in total. The van der Waals surface area contributed by atoms with Crippen LogP contribution in [-0.2, 0) is 4.74 Å². The van der Waals surface area contributed by atoms with E-state index < -0.39 is 0 Å². The average Bonchev–Trinajstić information content (AvgIpc) is 2.43. The number of nitrogens with one attached hydrogen (secondary N) is 1. The molecule has 0 aliphatic heterocycles. The molecule has 112 valence electrons. The van der Waals surface area contributed by atoms with Crippen molar-refractivity contribution in [2.75, 3.05) is 20.8 Å². The maximum Gasteiger partial charge on any atom is 0.208 e. The summed E-state index contributed by atoms with van der Waals surface area (Å²) in [5, 5.41) is 0.717. The molecule has 2 atom stereocenters. The van der Waals surface area contributed by atoms with Gasteiger partial charge in [0, 0.05) is 19.2 Å². The van der Waals surface area contributed by atoms with Gasteiger partial charge in [-0.1, -0.05) is 23.7 Å². The van der Waals surface area contributed by atoms with Crippen molar-refractivity contribution in [1.82, 2.24) is 10.3 Å². The molecule has 0 radical (unpaired) electrons. The highest BCUT2D eigenvalue weighted by Gasteiger charge is 2.16. The SMILES string of the molecule is COCC(C)N=C(NN)N(C)C(C)c1cccc(Cl)c1. The molecule has 0 saturated heterocycles. The largest absolute Gasteiger partial charge is 0.382 e. The number of nitrogens with zero attached hydrogens (tertiary/aromatic N) is 2. The third-order valence-corrected chi connectivity index (χ3v) is 3.36. The van der Waals surface area contributed by atoms with Gasteiger partial charge in [0.05, 0.1) is 18.7 Å². The summed E-state index contributed by atoms with van der Waals surface area (Å²) in [5.41, 5.74) is 3.74. The van der Waals surface area contributed by atoms with Crippen LogP contribution in [0.15, 0.2) is 29.3 Å². The van der Waals surface area contributed by atoms with Gasteiger partial charge in [-0.25, -0.2) is 10.8 Å². The van der Waals surface area contributed by atoms with Gasteiger partial charge in [0.15, 0.2) is 0 Å². The van der Waals surface area contributed by atoms with Crippen molar-refractivity contribution < 1.29 is 4.74 Å². The van der Waals surface area contributed by atoms with E-state index in [2.05, 4.69) is 17.3 Å². The Morgan fingerprint density at radius 2 is 2.20 bits per heavy atom.